The van der Waals surface area contributed by atoms with Crippen molar-refractivity contribution in [2.24, 2.45) is 5.92 Å². The lowest BCUT2D eigenvalue weighted by molar-refractivity contribution is -0.165. The summed E-state index contributed by atoms with van der Waals surface area (Å²) in [5.74, 6) is -2.59. The fourth-order valence-corrected chi connectivity index (χ4v) is 0.913. The van der Waals surface area contributed by atoms with E-state index in [4.69, 9.17) is 14.6 Å². The zero-order valence-corrected chi connectivity index (χ0v) is 10.8. The predicted octanol–water partition coefficient (Wildman–Crippen LogP) is 1.15. The third kappa shape index (κ3) is 6.67. The fourth-order valence-electron chi connectivity index (χ4n) is 0.913. The van der Waals surface area contributed by atoms with Crippen LogP contribution in [0, 0.1) is 5.92 Å². The van der Waals surface area contributed by atoms with Crippen LogP contribution in [0.15, 0.2) is 12.2 Å². The first-order chi connectivity index (χ1) is 8.23. The summed E-state index contributed by atoms with van der Waals surface area (Å²) < 4.78 is 9.60. The second kappa shape index (κ2) is 7.47. The Balaban J connectivity index is 4.18. The molecule has 0 heterocycles. The van der Waals surface area contributed by atoms with Crippen molar-refractivity contribution in [1.29, 1.82) is 0 Å². The van der Waals surface area contributed by atoms with Gasteiger partial charge < -0.3 is 14.6 Å². The molecule has 0 aromatic heterocycles. The monoisotopic (exact) mass is 258 g/mol. The summed E-state index contributed by atoms with van der Waals surface area (Å²) >= 11 is 0. The molecule has 0 aromatic carbocycles. The minimum Gasteiger partial charge on any atom is -0.481 e. The Morgan fingerprint density at radius 3 is 2.22 bits per heavy atom. The number of ether oxygens (including phenoxy) is 2. The van der Waals surface area contributed by atoms with E-state index in [1.165, 1.54) is 6.92 Å². The number of carboxylic acids is 1. The molecule has 1 unspecified atom stereocenters. The van der Waals surface area contributed by atoms with Crippen LogP contribution < -0.4 is 0 Å². The van der Waals surface area contributed by atoms with Gasteiger partial charge in [0.05, 0.1) is 13.0 Å². The molecule has 0 aliphatic heterocycles. The second-order valence-corrected chi connectivity index (χ2v) is 4.25. The van der Waals surface area contributed by atoms with E-state index in [1.807, 2.05) is 13.8 Å². The molecule has 1 atom stereocenters. The number of carboxylic acid groups (broad SMARTS) is 1. The quantitative estimate of drug-likeness (QED) is 0.544. The van der Waals surface area contributed by atoms with Crippen LogP contribution in [0.1, 0.15) is 27.2 Å². The van der Waals surface area contributed by atoms with Crippen molar-refractivity contribution in [2.45, 2.75) is 33.3 Å². The topological polar surface area (TPSA) is 89.9 Å². The fraction of sp³-hybridized carbons (Fsp3) is 0.583. The molecular weight excluding hydrogens is 240 g/mol. The highest BCUT2D eigenvalue weighted by Crippen LogP contribution is 2.05. The number of carbonyl (C=O) groups is 3. The summed E-state index contributed by atoms with van der Waals surface area (Å²) in [5, 5.41) is 8.46. The summed E-state index contributed by atoms with van der Waals surface area (Å²) in [6.45, 7) is 8.61. The molecule has 1 N–H and O–H groups in total. The maximum absolute atomic E-state index is 11.4. The third-order valence-corrected chi connectivity index (χ3v) is 1.83. The summed E-state index contributed by atoms with van der Waals surface area (Å²) in [7, 11) is 0. The van der Waals surface area contributed by atoms with Crippen LogP contribution in [0.25, 0.3) is 0 Å². The predicted molar refractivity (Wildman–Crippen MR) is 62.7 cm³/mol. The molecule has 0 spiro atoms. The largest absolute Gasteiger partial charge is 0.481 e. The Hall–Kier alpha value is -1.85. The molecule has 0 saturated carbocycles. The number of aliphatic carboxylic acids is 1. The molecule has 0 fully saturated rings. The van der Waals surface area contributed by atoms with E-state index >= 15 is 0 Å². The van der Waals surface area contributed by atoms with Crippen LogP contribution in [-0.4, -0.2) is 35.7 Å². The van der Waals surface area contributed by atoms with Crippen LogP contribution >= 0.6 is 0 Å². The van der Waals surface area contributed by atoms with E-state index in [0.29, 0.717) is 0 Å². The van der Waals surface area contributed by atoms with Gasteiger partial charge in [-0.2, -0.15) is 0 Å². The molecule has 0 radical (unpaired) electrons. The van der Waals surface area contributed by atoms with Gasteiger partial charge in [0.15, 0.2) is 6.10 Å². The first-order valence-corrected chi connectivity index (χ1v) is 5.51. The molecule has 6 nitrogen and oxygen atoms in total. The van der Waals surface area contributed by atoms with Gasteiger partial charge in [-0.1, -0.05) is 20.4 Å². The highest BCUT2D eigenvalue weighted by atomic mass is 16.6. The first kappa shape index (κ1) is 16.1. The zero-order valence-electron chi connectivity index (χ0n) is 10.8. The number of carbonyl (C=O) groups excluding carboxylic acids is 2. The zero-order chi connectivity index (χ0) is 14.3. The summed E-state index contributed by atoms with van der Waals surface area (Å²) in [6.07, 6.45) is -1.60. The van der Waals surface area contributed by atoms with Crippen LogP contribution in [-0.2, 0) is 23.9 Å². The van der Waals surface area contributed by atoms with Gasteiger partial charge in [-0.25, -0.2) is 9.59 Å². The molecule has 102 valence electrons. The standard InChI is InChI=1S/C12H18O6/c1-7(2)6-17-12(16)9(4)18-11(15)8(3)5-10(13)14/h7,9H,3,5-6H2,1-2,4H3,(H,13,14). The van der Waals surface area contributed by atoms with Crippen molar-refractivity contribution in [1.82, 2.24) is 0 Å². The Labute approximate surface area is 106 Å². The molecule has 6 heteroatoms. The van der Waals surface area contributed by atoms with Crippen LogP contribution in [0.5, 0.6) is 0 Å². The van der Waals surface area contributed by atoms with Gasteiger partial charge in [-0.3, -0.25) is 4.79 Å². The lowest BCUT2D eigenvalue weighted by atomic mass is 10.2. The molecule has 0 aliphatic rings. The van der Waals surface area contributed by atoms with Crippen molar-refractivity contribution in [2.75, 3.05) is 6.61 Å². The van der Waals surface area contributed by atoms with Gasteiger partial charge in [-0.05, 0) is 12.8 Å². The maximum Gasteiger partial charge on any atom is 0.347 e. The average molecular weight is 258 g/mol. The van der Waals surface area contributed by atoms with Gasteiger partial charge in [0, 0.05) is 5.57 Å². The van der Waals surface area contributed by atoms with E-state index in [9.17, 15) is 14.4 Å². The Morgan fingerprint density at radius 2 is 1.78 bits per heavy atom. The van der Waals surface area contributed by atoms with Gasteiger partial charge in [-0.15, -0.1) is 0 Å². The number of hydrogen-bond donors (Lipinski definition) is 1. The molecule has 0 aromatic rings. The average Bonchev–Trinajstić information content (AvgIpc) is 2.24. The van der Waals surface area contributed by atoms with Crippen molar-refractivity contribution in [3.63, 3.8) is 0 Å². The van der Waals surface area contributed by atoms with Crippen molar-refractivity contribution >= 4 is 17.9 Å². The lowest BCUT2D eigenvalue weighted by Gasteiger charge is -2.14. The van der Waals surface area contributed by atoms with Crippen LogP contribution in [0.4, 0.5) is 0 Å². The van der Waals surface area contributed by atoms with E-state index in [2.05, 4.69) is 6.58 Å². The first-order valence-electron chi connectivity index (χ1n) is 5.51. The number of rotatable bonds is 7. The molecule has 18 heavy (non-hydrogen) atoms. The smallest absolute Gasteiger partial charge is 0.347 e. The molecule has 0 aliphatic carbocycles. The van der Waals surface area contributed by atoms with Crippen molar-refractivity contribution < 1.29 is 29.0 Å². The SMILES string of the molecule is C=C(CC(=O)O)C(=O)OC(C)C(=O)OCC(C)C. The van der Waals surface area contributed by atoms with Gasteiger partial charge in [0.25, 0.3) is 0 Å². The van der Waals surface area contributed by atoms with Gasteiger partial charge in [0.1, 0.15) is 0 Å². The summed E-state index contributed by atoms with van der Waals surface area (Å²) in [6, 6.07) is 0. The molecule has 0 amide bonds. The van der Waals surface area contributed by atoms with Crippen molar-refractivity contribution in [3.05, 3.63) is 12.2 Å². The lowest BCUT2D eigenvalue weighted by Crippen LogP contribution is -2.28. The molecule has 0 saturated heterocycles. The highest BCUT2D eigenvalue weighted by Gasteiger charge is 2.21. The summed E-state index contributed by atoms with van der Waals surface area (Å²) in [5.41, 5.74) is -0.217. The number of hydrogen-bond acceptors (Lipinski definition) is 5. The Morgan fingerprint density at radius 1 is 1.22 bits per heavy atom. The van der Waals surface area contributed by atoms with Gasteiger partial charge in [0.2, 0.25) is 0 Å². The summed E-state index contributed by atoms with van der Waals surface area (Å²) in [4.78, 5) is 33.1. The minimum absolute atomic E-state index is 0.179. The highest BCUT2D eigenvalue weighted by molar-refractivity contribution is 5.94. The van der Waals surface area contributed by atoms with Crippen molar-refractivity contribution in [3.8, 4) is 0 Å². The normalized spacial score (nSPS) is 11.8. The Bertz CT molecular complexity index is 344. The second-order valence-electron chi connectivity index (χ2n) is 4.25. The minimum atomic E-state index is -1.19. The van der Waals surface area contributed by atoms with Crippen LogP contribution in [0.3, 0.4) is 0 Å². The maximum atomic E-state index is 11.4. The molecule has 0 rings (SSSR count). The van der Waals surface area contributed by atoms with E-state index in [1.54, 1.807) is 0 Å². The van der Waals surface area contributed by atoms with Gasteiger partial charge >= 0.3 is 17.9 Å². The van der Waals surface area contributed by atoms with Crippen LogP contribution in [0.2, 0.25) is 0 Å². The van der Waals surface area contributed by atoms with E-state index < -0.39 is 30.4 Å². The van der Waals surface area contributed by atoms with E-state index in [0.717, 1.165) is 0 Å². The number of esters is 2. The Kier molecular flexibility index (Phi) is 6.70. The van der Waals surface area contributed by atoms with E-state index in [-0.39, 0.29) is 18.1 Å². The molecular formula is C12H18O6. The molecule has 0 bridgehead atoms. The third-order valence-electron chi connectivity index (χ3n) is 1.83.